The molecular weight excluding hydrogens is 236 g/mol. The maximum atomic E-state index is 11.2. The Bertz CT molecular complexity index is 534. The van der Waals surface area contributed by atoms with Crippen LogP contribution in [-0.4, -0.2) is 11.1 Å². The fourth-order valence-electron chi connectivity index (χ4n) is 2.49. The lowest BCUT2D eigenvalue weighted by Crippen LogP contribution is -2.28. The van der Waals surface area contributed by atoms with Gasteiger partial charge in [0.1, 0.15) is 0 Å². The van der Waals surface area contributed by atoms with Crippen LogP contribution in [0.2, 0.25) is 0 Å². The highest BCUT2D eigenvalue weighted by molar-refractivity contribution is 5.69. The average molecular weight is 254 g/mol. The predicted octanol–water partition coefficient (Wildman–Crippen LogP) is 3.66. The zero-order valence-electron chi connectivity index (χ0n) is 11.0. The Morgan fingerprint density at radius 2 is 1.53 bits per heavy atom. The van der Waals surface area contributed by atoms with Crippen LogP contribution in [0, 0.1) is 0 Å². The van der Waals surface area contributed by atoms with Gasteiger partial charge in [0.05, 0.1) is 6.42 Å². The fraction of sp³-hybridized carbons (Fsp3) is 0.235. The van der Waals surface area contributed by atoms with E-state index in [0.717, 1.165) is 17.5 Å². The minimum atomic E-state index is -0.762. The molecule has 1 N–H and O–H groups in total. The molecule has 2 nitrogen and oxygen atoms in total. The Hall–Kier alpha value is -2.09. The van der Waals surface area contributed by atoms with Gasteiger partial charge >= 0.3 is 5.97 Å². The first-order valence-electron chi connectivity index (χ1n) is 6.41. The molecule has 0 fully saturated rings. The van der Waals surface area contributed by atoms with Crippen LogP contribution < -0.4 is 0 Å². The van der Waals surface area contributed by atoms with E-state index < -0.39 is 5.97 Å². The van der Waals surface area contributed by atoms with Crippen molar-refractivity contribution in [3.63, 3.8) is 0 Å². The first kappa shape index (κ1) is 13.3. The Morgan fingerprint density at radius 1 is 1.00 bits per heavy atom. The van der Waals surface area contributed by atoms with E-state index in [0.29, 0.717) is 0 Å². The second-order valence-corrected chi connectivity index (χ2v) is 5.16. The summed E-state index contributed by atoms with van der Waals surface area (Å²) in [6.45, 7) is 2.02. The van der Waals surface area contributed by atoms with Crippen molar-refractivity contribution in [3.05, 3.63) is 71.8 Å². The van der Waals surface area contributed by atoms with Crippen molar-refractivity contribution in [1.82, 2.24) is 0 Å². The number of aliphatic carboxylic acids is 1. The highest BCUT2D eigenvalue weighted by atomic mass is 16.4. The summed E-state index contributed by atoms with van der Waals surface area (Å²) in [4.78, 5) is 11.2. The van der Waals surface area contributed by atoms with Crippen LogP contribution in [0.4, 0.5) is 0 Å². The number of hydrogen-bond acceptors (Lipinski definition) is 1. The second-order valence-electron chi connectivity index (χ2n) is 5.16. The molecule has 2 rings (SSSR count). The zero-order valence-corrected chi connectivity index (χ0v) is 11.0. The molecule has 1 unspecified atom stereocenters. The molecule has 0 radical (unpaired) electrons. The lowest BCUT2D eigenvalue weighted by atomic mass is 9.75. The van der Waals surface area contributed by atoms with Gasteiger partial charge in [-0.25, -0.2) is 0 Å². The molecule has 0 aliphatic carbocycles. The Labute approximate surface area is 113 Å². The van der Waals surface area contributed by atoms with E-state index in [9.17, 15) is 9.90 Å². The van der Waals surface area contributed by atoms with Gasteiger partial charge in [0.15, 0.2) is 0 Å². The quantitative estimate of drug-likeness (QED) is 0.884. The monoisotopic (exact) mass is 254 g/mol. The third-order valence-corrected chi connectivity index (χ3v) is 3.45. The lowest BCUT2D eigenvalue weighted by Gasteiger charge is -2.29. The molecule has 2 heteroatoms. The molecule has 0 saturated heterocycles. The van der Waals surface area contributed by atoms with Gasteiger partial charge in [0, 0.05) is 5.41 Å². The number of carboxylic acids is 1. The predicted molar refractivity (Wildman–Crippen MR) is 76.2 cm³/mol. The minimum absolute atomic E-state index is 0.131. The van der Waals surface area contributed by atoms with Crippen LogP contribution in [0.25, 0.3) is 0 Å². The van der Waals surface area contributed by atoms with E-state index in [2.05, 4.69) is 0 Å². The summed E-state index contributed by atoms with van der Waals surface area (Å²) in [5.74, 6) is -0.762. The average Bonchev–Trinajstić information content (AvgIpc) is 2.40. The molecule has 1 atom stereocenters. The number of carbonyl (C=O) groups is 1. The number of rotatable bonds is 5. The van der Waals surface area contributed by atoms with E-state index in [4.69, 9.17) is 0 Å². The van der Waals surface area contributed by atoms with E-state index in [1.54, 1.807) is 0 Å². The van der Waals surface area contributed by atoms with Gasteiger partial charge in [0.25, 0.3) is 0 Å². The van der Waals surface area contributed by atoms with Gasteiger partial charge < -0.3 is 5.11 Å². The van der Waals surface area contributed by atoms with Crippen molar-refractivity contribution in [1.29, 1.82) is 0 Å². The third-order valence-electron chi connectivity index (χ3n) is 3.45. The summed E-state index contributed by atoms with van der Waals surface area (Å²) in [6.07, 6.45) is 0.857. The molecule has 19 heavy (non-hydrogen) atoms. The summed E-state index contributed by atoms with van der Waals surface area (Å²) in [5.41, 5.74) is 1.85. The van der Waals surface area contributed by atoms with E-state index in [1.165, 1.54) is 0 Å². The van der Waals surface area contributed by atoms with E-state index in [-0.39, 0.29) is 11.8 Å². The Kier molecular flexibility index (Phi) is 4.00. The SMILES string of the molecule is CC(CC(=O)O)(Cc1ccccc1)c1ccccc1. The molecule has 0 heterocycles. The molecule has 0 saturated carbocycles. The standard InChI is InChI=1S/C17H18O2/c1-17(13-16(18)19,15-10-6-3-7-11-15)12-14-8-4-2-5-9-14/h2-11H,12-13H2,1H3,(H,18,19). The van der Waals surface area contributed by atoms with E-state index in [1.807, 2.05) is 67.6 Å². The molecule has 0 aliphatic rings. The molecule has 0 spiro atoms. The first-order valence-corrected chi connectivity index (χ1v) is 6.41. The normalized spacial score (nSPS) is 13.7. The molecule has 0 aromatic heterocycles. The molecule has 0 amide bonds. The molecule has 0 bridgehead atoms. The molecular formula is C17H18O2. The van der Waals surface area contributed by atoms with Gasteiger partial charge in [-0.3, -0.25) is 4.79 Å². The van der Waals surface area contributed by atoms with Crippen LogP contribution in [0.15, 0.2) is 60.7 Å². The summed E-state index contributed by atoms with van der Waals surface area (Å²) >= 11 is 0. The van der Waals surface area contributed by atoms with E-state index >= 15 is 0 Å². The maximum absolute atomic E-state index is 11.2. The van der Waals surface area contributed by atoms with Crippen LogP contribution in [0.1, 0.15) is 24.5 Å². The van der Waals surface area contributed by atoms with Gasteiger partial charge in [-0.1, -0.05) is 67.6 Å². The molecule has 98 valence electrons. The highest BCUT2D eigenvalue weighted by Gasteiger charge is 2.29. The van der Waals surface area contributed by atoms with Crippen molar-refractivity contribution in [3.8, 4) is 0 Å². The smallest absolute Gasteiger partial charge is 0.304 e. The first-order chi connectivity index (χ1) is 9.10. The van der Waals surface area contributed by atoms with Crippen LogP contribution >= 0.6 is 0 Å². The summed E-state index contributed by atoms with van der Waals surface area (Å²) in [5, 5.41) is 9.19. The Morgan fingerprint density at radius 3 is 2.05 bits per heavy atom. The minimum Gasteiger partial charge on any atom is -0.481 e. The summed E-state index contributed by atoms with van der Waals surface area (Å²) in [6, 6.07) is 19.9. The second kappa shape index (κ2) is 5.70. The van der Waals surface area contributed by atoms with Crippen LogP contribution in [0.5, 0.6) is 0 Å². The molecule has 2 aromatic rings. The van der Waals surface area contributed by atoms with Crippen LogP contribution in [-0.2, 0) is 16.6 Å². The van der Waals surface area contributed by atoms with Crippen molar-refractivity contribution in [2.24, 2.45) is 0 Å². The highest BCUT2D eigenvalue weighted by Crippen LogP contribution is 2.31. The summed E-state index contributed by atoms with van der Waals surface area (Å²) in [7, 11) is 0. The van der Waals surface area contributed by atoms with Crippen molar-refractivity contribution >= 4 is 5.97 Å². The third kappa shape index (κ3) is 3.44. The van der Waals surface area contributed by atoms with Gasteiger partial charge in [-0.2, -0.15) is 0 Å². The van der Waals surface area contributed by atoms with Crippen molar-refractivity contribution in [2.45, 2.75) is 25.2 Å². The van der Waals surface area contributed by atoms with Crippen molar-refractivity contribution in [2.75, 3.05) is 0 Å². The number of benzene rings is 2. The Balaban J connectivity index is 2.32. The number of carboxylic acid groups (broad SMARTS) is 1. The van der Waals surface area contributed by atoms with Crippen molar-refractivity contribution < 1.29 is 9.90 Å². The summed E-state index contributed by atoms with van der Waals surface area (Å²) < 4.78 is 0. The number of hydrogen-bond donors (Lipinski definition) is 1. The maximum Gasteiger partial charge on any atom is 0.304 e. The largest absolute Gasteiger partial charge is 0.481 e. The zero-order chi connectivity index (χ0) is 13.7. The van der Waals surface area contributed by atoms with Gasteiger partial charge in [-0.05, 0) is 17.5 Å². The fourth-order valence-corrected chi connectivity index (χ4v) is 2.49. The molecule has 2 aromatic carbocycles. The van der Waals surface area contributed by atoms with Gasteiger partial charge in [0.2, 0.25) is 0 Å². The lowest BCUT2D eigenvalue weighted by molar-refractivity contribution is -0.138. The molecule has 0 aliphatic heterocycles. The topological polar surface area (TPSA) is 37.3 Å². The van der Waals surface area contributed by atoms with Crippen LogP contribution in [0.3, 0.4) is 0 Å². The van der Waals surface area contributed by atoms with Gasteiger partial charge in [-0.15, -0.1) is 0 Å².